The molecular weight excluding hydrogens is 204 g/mol. The van der Waals surface area contributed by atoms with Crippen molar-refractivity contribution in [2.24, 2.45) is 0 Å². The SMILES string of the molecule is CC(CC#N)N(C)C(=O)c1ccc(N)cn1. The van der Waals surface area contributed by atoms with Crippen molar-refractivity contribution in [2.45, 2.75) is 19.4 Å². The van der Waals surface area contributed by atoms with Gasteiger partial charge in [0.1, 0.15) is 5.69 Å². The van der Waals surface area contributed by atoms with Crippen molar-refractivity contribution < 1.29 is 4.79 Å². The van der Waals surface area contributed by atoms with Gasteiger partial charge in [0.25, 0.3) is 5.91 Å². The third kappa shape index (κ3) is 2.70. The summed E-state index contributed by atoms with van der Waals surface area (Å²) in [6, 6.07) is 5.11. The van der Waals surface area contributed by atoms with E-state index in [-0.39, 0.29) is 11.9 Å². The highest BCUT2D eigenvalue weighted by Crippen LogP contribution is 2.08. The number of pyridine rings is 1. The van der Waals surface area contributed by atoms with Crippen LogP contribution in [0.2, 0.25) is 0 Å². The van der Waals surface area contributed by atoms with Crippen LogP contribution in [0.5, 0.6) is 0 Å². The van der Waals surface area contributed by atoms with Crippen LogP contribution in [0.4, 0.5) is 5.69 Å². The highest BCUT2D eigenvalue weighted by molar-refractivity contribution is 5.92. The van der Waals surface area contributed by atoms with Crippen molar-refractivity contribution in [1.29, 1.82) is 5.26 Å². The summed E-state index contributed by atoms with van der Waals surface area (Å²) in [4.78, 5) is 17.3. The van der Waals surface area contributed by atoms with E-state index in [2.05, 4.69) is 4.98 Å². The molecule has 0 aromatic carbocycles. The first kappa shape index (κ1) is 12.0. The Hall–Kier alpha value is -2.09. The lowest BCUT2D eigenvalue weighted by atomic mass is 10.2. The first-order valence-electron chi connectivity index (χ1n) is 4.92. The van der Waals surface area contributed by atoms with Crippen molar-refractivity contribution in [3.05, 3.63) is 24.0 Å². The zero-order valence-corrected chi connectivity index (χ0v) is 9.34. The third-order valence-corrected chi connectivity index (χ3v) is 2.37. The minimum absolute atomic E-state index is 0.128. The van der Waals surface area contributed by atoms with Crippen LogP contribution in [-0.4, -0.2) is 28.9 Å². The molecule has 84 valence electrons. The third-order valence-electron chi connectivity index (χ3n) is 2.37. The second kappa shape index (κ2) is 5.12. The number of nitriles is 1. The van der Waals surface area contributed by atoms with Gasteiger partial charge in [0.2, 0.25) is 0 Å². The van der Waals surface area contributed by atoms with Gasteiger partial charge >= 0.3 is 0 Å². The van der Waals surface area contributed by atoms with E-state index in [1.54, 1.807) is 19.2 Å². The molecule has 16 heavy (non-hydrogen) atoms. The molecule has 1 atom stereocenters. The largest absolute Gasteiger partial charge is 0.397 e. The highest BCUT2D eigenvalue weighted by Gasteiger charge is 2.17. The standard InChI is InChI=1S/C11H14N4O/c1-8(5-6-12)15(2)11(16)10-4-3-9(13)7-14-10/h3-4,7-8H,5,13H2,1-2H3. The van der Waals surface area contributed by atoms with Crippen molar-refractivity contribution in [2.75, 3.05) is 12.8 Å². The Morgan fingerprint density at radius 1 is 1.69 bits per heavy atom. The molecule has 1 aromatic heterocycles. The van der Waals surface area contributed by atoms with Gasteiger partial charge in [0.05, 0.1) is 24.4 Å². The van der Waals surface area contributed by atoms with Crippen molar-refractivity contribution in [1.82, 2.24) is 9.88 Å². The predicted molar refractivity (Wildman–Crippen MR) is 60.4 cm³/mol. The second-order valence-electron chi connectivity index (χ2n) is 3.60. The summed E-state index contributed by atoms with van der Waals surface area (Å²) in [5.41, 5.74) is 6.33. The van der Waals surface area contributed by atoms with Gasteiger partial charge < -0.3 is 10.6 Å². The van der Waals surface area contributed by atoms with Crippen LogP contribution in [0.15, 0.2) is 18.3 Å². The molecule has 0 saturated heterocycles. The molecule has 0 aliphatic rings. The maximum atomic E-state index is 11.9. The van der Waals surface area contributed by atoms with Gasteiger partial charge in [-0.05, 0) is 19.1 Å². The van der Waals surface area contributed by atoms with E-state index in [1.165, 1.54) is 11.1 Å². The average Bonchev–Trinajstić information content (AvgIpc) is 2.28. The van der Waals surface area contributed by atoms with Crippen molar-refractivity contribution in [3.8, 4) is 6.07 Å². The summed E-state index contributed by atoms with van der Waals surface area (Å²) in [5.74, 6) is -0.206. The van der Waals surface area contributed by atoms with E-state index in [1.807, 2.05) is 13.0 Å². The Bertz CT molecular complexity index is 407. The van der Waals surface area contributed by atoms with Crippen LogP contribution in [0, 0.1) is 11.3 Å². The van der Waals surface area contributed by atoms with E-state index in [0.29, 0.717) is 17.8 Å². The number of hydrogen-bond donors (Lipinski definition) is 1. The molecule has 1 heterocycles. The van der Waals surface area contributed by atoms with E-state index >= 15 is 0 Å². The van der Waals surface area contributed by atoms with Gasteiger partial charge in [-0.25, -0.2) is 4.98 Å². The number of hydrogen-bond acceptors (Lipinski definition) is 4. The molecule has 1 unspecified atom stereocenters. The normalized spacial score (nSPS) is 11.6. The summed E-state index contributed by atoms with van der Waals surface area (Å²) in [6.45, 7) is 1.82. The van der Waals surface area contributed by atoms with Crippen LogP contribution < -0.4 is 5.73 Å². The van der Waals surface area contributed by atoms with Crippen LogP contribution in [0.3, 0.4) is 0 Å². The van der Waals surface area contributed by atoms with E-state index in [4.69, 9.17) is 11.0 Å². The van der Waals surface area contributed by atoms with Gasteiger partial charge in [-0.15, -0.1) is 0 Å². The average molecular weight is 218 g/mol. The Morgan fingerprint density at radius 2 is 2.38 bits per heavy atom. The summed E-state index contributed by atoms with van der Waals surface area (Å²) < 4.78 is 0. The molecule has 0 spiro atoms. The fourth-order valence-electron chi connectivity index (χ4n) is 1.18. The highest BCUT2D eigenvalue weighted by atomic mass is 16.2. The van der Waals surface area contributed by atoms with Gasteiger partial charge in [-0.1, -0.05) is 0 Å². The fourth-order valence-corrected chi connectivity index (χ4v) is 1.18. The molecule has 0 fully saturated rings. The molecule has 1 rings (SSSR count). The number of carbonyl (C=O) groups is 1. The van der Waals surface area contributed by atoms with Crippen LogP contribution in [-0.2, 0) is 0 Å². The topological polar surface area (TPSA) is 83.0 Å². The number of anilines is 1. The molecule has 0 radical (unpaired) electrons. The number of aromatic nitrogens is 1. The molecule has 0 aliphatic carbocycles. The van der Waals surface area contributed by atoms with Crippen molar-refractivity contribution in [3.63, 3.8) is 0 Å². The number of nitrogens with two attached hydrogens (primary N) is 1. The first-order chi connectivity index (χ1) is 7.56. The molecule has 0 saturated carbocycles. The molecule has 5 heteroatoms. The monoisotopic (exact) mass is 218 g/mol. The molecular formula is C11H14N4O. The molecule has 0 bridgehead atoms. The minimum atomic E-state index is -0.206. The predicted octanol–water partition coefficient (Wildman–Crippen LogP) is 1.04. The van der Waals surface area contributed by atoms with Gasteiger partial charge in [0, 0.05) is 13.1 Å². The van der Waals surface area contributed by atoms with Gasteiger partial charge in [-0.3, -0.25) is 4.79 Å². The Balaban J connectivity index is 2.78. The van der Waals surface area contributed by atoms with Gasteiger partial charge in [0.15, 0.2) is 0 Å². The molecule has 1 amide bonds. The lowest BCUT2D eigenvalue weighted by molar-refractivity contribution is 0.0740. The maximum absolute atomic E-state index is 11.9. The molecule has 0 aliphatic heterocycles. The lowest BCUT2D eigenvalue weighted by Gasteiger charge is -2.22. The summed E-state index contributed by atoms with van der Waals surface area (Å²) in [7, 11) is 1.66. The molecule has 1 aromatic rings. The van der Waals surface area contributed by atoms with Crippen LogP contribution >= 0.6 is 0 Å². The maximum Gasteiger partial charge on any atom is 0.272 e. The Kier molecular flexibility index (Phi) is 3.84. The zero-order valence-electron chi connectivity index (χ0n) is 9.34. The molecule has 5 nitrogen and oxygen atoms in total. The summed E-state index contributed by atoms with van der Waals surface area (Å²) in [5, 5.41) is 8.55. The Morgan fingerprint density at radius 3 is 2.88 bits per heavy atom. The lowest BCUT2D eigenvalue weighted by Crippen LogP contribution is -2.35. The van der Waals surface area contributed by atoms with E-state index < -0.39 is 0 Å². The van der Waals surface area contributed by atoms with E-state index in [9.17, 15) is 4.79 Å². The zero-order chi connectivity index (χ0) is 12.1. The fraction of sp³-hybridized carbons (Fsp3) is 0.364. The van der Waals surface area contributed by atoms with Crippen LogP contribution in [0.1, 0.15) is 23.8 Å². The van der Waals surface area contributed by atoms with Gasteiger partial charge in [-0.2, -0.15) is 5.26 Å². The number of rotatable bonds is 3. The summed E-state index contributed by atoms with van der Waals surface area (Å²) in [6.07, 6.45) is 1.74. The number of carbonyl (C=O) groups excluding carboxylic acids is 1. The second-order valence-corrected chi connectivity index (χ2v) is 3.60. The quantitative estimate of drug-likeness (QED) is 0.821. The minimum Gasteiger partial charge on any atom is -0.397 e. The first-order valence-corrected chi connectivity index (χ1v) is 4.92. The Labute approximate surface area is 94.5 Å². The van der Waals surface area contributed by atoms with Crippen LogP contribution in [0.25, 0.3) is 0 Å². The van der Waals surface area contributed by atoms with Crippen molar-refractivity contribution >= 4 is 11.6 Å². The summed E-state index contributed by atoms with van der Waals surface area (Å²) >= 11 is 0. The number of nitrogen functional groups attached to an aromatic ring is 1. The van der Waals surface area contributed by atoms with E-state index in [0.717, 1.165) is 0 Å². The number of amides is 1. The number of nitrogens with zero attached hydrogens (tertiary/aromatic N) is 3. The smallest absolute Gasteiger partial charge is 0.272 e. The molecule has 2 N–H and O–H groups in total.